The number of fused-ring (bicyclic) bond motifs is 2. The molecule has 0 spiro atoms. The second-order valence-corrected chi connectivity index (χ2v) is 10.4. The van der Waals surface area contributed by atoms with Gasteiger partial charge in [0.25, 0.3) is 5.24 Å². The van der Waals surface area contributed by atoms with Gasteiger partial charge in [-0.1, -0.05) is 37.4 Å². The number of nitrogens with zero attached hydrogens (tertiary/aromatic N) is 2. The molecule has 2 aliphatic heterocycles. The van der Waals surface area contributed by atoms with E-state index >= 15 is 0 Å². The summed E-state index contributed by atoms with van der Waals surface area (Å²) in [6.45, 7) is 1.90. The van der Waals surface area contributed by atoms with Crippen LogP contribution in [-0.4, -0.2) is 52.0 Å². The van der Waals surface area contributed by atoms with Crippen molar-refractivity contribution >= 4 is 22.9 Å². The number of hydrogen-bond acceptors (Lipinski definition) is 4. The highest BCUT2D eigenvalue weighted by Crippen LogP contribution is 2.36. The summed E-state index contributed by atoms with van der Waals surface area (Å²) in [4.78, 5) is 27.4. The van der Waals surface area contributed by atoms with Crippen molar-refractivity contribution in [2.75, 3.05) is 18.8 Å². The highest BCUT2D eigenvalue weighted by atomic mass is 32.2. The normalized spacial score (nSPS) is 33.6. The lowest BCUT2D eigenvalue weighted by molar-refractivity contribution is -0.137. The molecule has 2 aliphatic carbocycles. The van der Waals surface area contributed by atoms with Gasteiger partial charge in [0.2, 0.25) is 5.91 Å². The molecule has 0 aromatic heterocycles. The van der Waals surface area contributed by atoms with Crippen LogP contribution < -0.4 is 5.43 Å². The van der Waals surface area contributed by atoms with Gasteiger partial charge in [-0.3, -0.25) is 15.0 Å². The first-order valence-electron chi connectivity index (χ1n) is 11.7. The van der Waals surface area contributed by atoms with E-state index in [1.165, 1.54) is 82.4 Å². The van der Waals surface area contributed by atoms with E-state index in [1.54, 1.807) is 0 Å². The van der Waals surface area contributed by atoms with Crippen LogP contribution in [0.1, 0.15) is 83.5 Å². The molecular weight excluding hydrogens is 370 g/mol. The van der Waals surface area contributed by atoms with Crippen LogP contribution in [0.5, 0.6) is 0 Å². The summed E-state index contributed by atoms with van der Waals surface area (Å²) in [7, 11) is 0. The average Bonchev–Trinajstić information content (AvgIpc) is 2.73. The van der Waals surface area contributed by atoms with Gasteiger partial charge >= 0.3 is 0 Å². The molecule has 2 amide bonds. The number of nitrogens with one attached hydrogen (secondary N) is 1. The minimum atomic E-state index is 0.0215. The predicted octanol–water partition coefficient (Wildman–Crippen LogP) is 4.57. The Morgan fingerprint density at radius 2 is 1.39 bits per heavy atom. The Bertz CT molecular complexity index is 554. The van der Waals surface area contributed by atoms with E-state index in [1.807, 2.05) is 0 Å². The molecule has 0 radical (unpaired) electrons. The number of carbonyl (C=O) groups is 2. The molecule has 4 fully saturated rings. The average molecular weight is 408 g/mol. The number of piperidine rings is 2. The largest absolute Gasteiger partial charge is 0.339 e. The molecule has 4 unspecified atom stereocenters. The lowest BCUT2D eigenvalue weighted by Gasteiger charge is -2.44. The molecule has 6 heteroatoms. The molecular formula is C22H37N3O2S. The van der Waals surface area contributed by atoms with Gasteiger partial charge < -0.3 is 4.90 Å². The van der Waals surface area contributed by atoms with Crippen molar-refractivity contribution in [1.29, 1.82) is 0 Å². The molecule has 0 bridgehead atoms. The second kappa shape index (κ2) is 9.84. The molecule has 0 aromatic carbocycles. The summed E-state index contributed by atoms with van der Waals surface area (Å²) >= 11 is 1.29. The first-order chi connectivity index (χ1) is 13.7. The van der Waals surface area contributed by atoms with Crippen molar-refractivity contribution in [3.05, 3.63) is 0 Å². The van der Waals surface area contributed by atoms with E-state index < -0.39 is 0 Å². The molecule has 4 aliphatic rings. The van der Waals surface area contributed by atoms with Gasteiger partial charge in [0.15, 0.2) is 0 Å². The fourth-order valence-corrected chi connectivity index (χ4v) is 6.87. The lowest BCUT2D eigenvalue weighted by Crippen LogP contribution is -2.54. The smallest absolute Gasteiger partial charge is 0.293 e. The zero-order valence-electron chi connectivity index (χ0n) is 17.2. The van der Waals surface area contributed by atoms with Gasteiger partial charge in [-0.05, 0) is 63.2 Å². The molecule has 0 aromatic rings. The zero-order valence-corrected chi connectivity index (χ0v) is 18.1. The molecule has 2 heterocycles. The van der Waals surface area contributed by atoms with E-state index in [0.717, 1.165) is 31.3 Å². The monoisotopic (exact) mass is 407 g/mol. The quantitative estimate of drug-likeness (QED) is 0.742. The maximum Gasteiger partial charge on any atom is 0.293 e. The summed E-state index contributed by atoms with van der Waals surface area (Å²) in [5.41, 5.74) is 3.15. The van der Waals surface area contributed by atoms with E-state index in [2.05, 4.69) is 15.3 Å². The number of hydrazine groups is 1. The standard InChI is InChI=1S/C22H37N3O2S/c26-21(24-14-5-9-17-7-1-3-11-19(17)24)13-16-28-22(27)23-25-15-6-10-18-8-2-4-12-20(18)25/h17-20H,1-16H2,(H,23,27). The van der Waals surface area contributed by atoms with Crippen LogP contribution in [0.25, 0.3) is 0 Å². The maximum absolute atomic E-state index is 12.8. The van der Waals surface area contributed by atoms with Crippen molar-refractivity contribution in [2.24, 2.45) is 11.8 Å². The Hall–Kier alpha value is -0.750. The molecule has 4 atom stereocenters. The summed E-state index contributed by atoms with van der Waals surface area (Å²) in [5, 5.41) is 2.23. The van der Waals surface area contributed by atoms with Gasteiger partial charge in [0.1, 0.15) is 0 Å². The van der Waals surface area contributed by atoms with Gasteiger partial charge in [-0.15, -0.1) is 0 Å². The topological polar surface area (TPSA) is 52.7 Å². The first-order valence-corrected chi connectivity index (χ1v) is 12.7. The second-order valence-electron chi connectivity index (χ2n) is 9.29. The Kier molecular flexibility index (Phi) is 7.21. The van der Waals surface area contributed by atoms with Gasteiger partial charge in [-0.25, -0.2) is 5.01 Å². The number of amides is 2. The van der Waals surface area contributed by atoms with Crippen LogP contribution in [0.15, 0.2) is 0 Å². The Labute approximate surface area is 174 Å². The maximum atomic E-state index is 12.8. The molecule has 28 heavy (non-hydrogen) atoms. The fourth-order valence-electron chi connectivity index (χ4n) is 6.22. The number of carbonyl (C=O) groups excluding carboxylic acids is 2. The SMILES string of the molecule is O=C(NN1CCCC2CCCCC21)SCCC(=O)N1CCCC2CCCCC21. The van der Waals surface area contributed by atoms with Gasteiger partial charge in [-0.2, -0.15) is 0 Å². The Balaban J connectivity index is 1.20. The van der Waals surface area contributed by atoms with Crippen molar-refractivity contribution < 1.29 is 9.59 Å². The molecule has 4 rings (SSSR count). The van der Waals surface area contributed by atoms with Crippen molar-refractivity contribution in [3.8, 4) is 0 Å². The molecule has 5 nitrogen and oxygen atoms in total. The number of hydrogen-bond donors (Lipinski definition) is 1. The third-order valence-corrected chi connectivity index (χ3v) is 8.35. The summed E-state index contributed by atoms with van der Waals surface area (Å²) in [6.07, 6.45) is 15.7. The predicted molar refractivity (Wildman–Crippen MR) is 114 cm³/mol. The zero-order chi connectivity index (χ0) is 19.3. The molecule has 2 saturated carbocycles. The molecule has 158 valence electrons. The third-order valence-electron chi connectivity index (χ3n) is 7.59. The lowest BCUT2D eigenvalue weighted by atomic mass is 9.78. The molecule has 2 saturated heterocycles. The van der Waals surface area contributed by atoms with Crippen molar-refractivity contribution in [1.82, 2.24) is 15.3 Å². The van der Waals surface area contributed by atoms with Crippen molar-refractivity contribution in [2.45, 2.75) is 95.6 Å². The van der Waals surface area contributed by atoms with Crippen LogP contribution in [0, 0.1) is 11.8 Å². The third kappa shape index (κ3) is 4.86. The number of thioether (sulfide) groups is 1. The Morgan fingerprint density at radius 1 is 0.786 bits per heavy atom. The van der Waals surface area contributed by atoms with Gasteiger partial charge in [0, 0.05) is 37.3 Å². The van der Waals surface area contributed by atoms with Crippen LogP contribution >= 0.6 is 11.8 Å². The Morgan fingerprint density at radius 3 is 2.18 bits per heavy atom. The van der Waals surface area contributed by atoms with E-state index in [9.17, 15) is 9.59 Å². The summed E-state index contributed by atoms with van der Waals surface area (Å²) in [6, 6.07) is 1.01. The number of rotatable bonds is 4. The first kappa shape index (κ1) is 20.5. The highest BCUT2D eigenvalue weighted by molar-refractivity contribution is 8.13. The van der Waals surface area contributed by atoms with Crippen LogP contribution in [0.4, 0.5) is 4.79 Å². The van der Waals surface area contributed by atoms with Crippen LogP contribution in [0.3, 0.4) is 0 Å². The van der Waals surface area contributed by atoms with Gasteiger partial charge in [0.05, 0.1) is 0 Å². The van der Waals surface area contributed by atoms with Crippen LogP contribution in [-0.2, 0) is 4.79 Å². The van der Waals surface area contributed by atoms with E-state index in [4.69, 9.17) is 0 Å². The van der Waals surface area contributed by atoms with Crippen LogP contribution in [0.2, 0.25) is 0 Å². The van der Waals surface area contributed by atoms with E-state index in [-0.39, 0.29) is 11.1 Å². The minimum Gasteiger partial charge on any atom is -0.339 e. The van der Waals surface area contributed by atoms with E-state index in [0.29, 0.717) is 24.3 Å². The number of likely N-dealkylation sites (tertiary alicyclic amines) is 1. The summed E-state index contributed by atoms with van der Waals surface area (Å²) in [5.74, 6) is 2.35. The van der Waals surface area contributed by atoms with Crippen molar-refractivity contribution in [3.63, 3.8) is 0 Å². The molecule has 1 N–H and O–H groups in total. The minimum absolute atomic E-state index is 0.0215. The summed E-state index contributed by atoms with van der Waals surface area (Å²) < 4.78 is 0. The highest BCUT2D eigenvalue weighted by Gasteiger charge is 2.36. The fraction of sp³-hybridized carbons (Fsp3) is 0.909.